The van der Waals surface area contributed by atoms with E-state index in [4.69, 9.17) is 9.15 Å². The lowest BCUT2D eigenvalue weighted by Gasteiger charge is -2.13. The predicted molar refractivity (Wildman–Crippen MR) is 96.2 cm³/mol. The Morgan fingerprint density at radius 2 is 2.00 bits per heavy atom. The third kappa shape index (κ3) is 3.40. The Morgan fingerprint density at radius 3 is 2.84 bits per heavy atom. The molecule has 1 aliphatic heterocycles. The van der Waals surface area contributed by atoms with Crippen molar-refractivity contribution in [2.45, 2.75) is 6.23 Å². The minimum absolute atomic E-state index is 0.225. The molecule has 0 radical (unpaired) electrons. The van der Waals surface area contributed by atoms with E-state index in [1.165, 1.54) is 6.08 Å². The van der Waals surface area contributed by atoms with Crippen LogP contribution in [0.15, 0.2) is 77.4 Å². The molecule has 5 heteroatoms. The van der Waals surface area contributed by atoms with E-state index >= 15 is 0 Å². The second-order valence-electron chi connectivity index (χ2n) is 5.60. The van der Waals surface area contributed by atoms with Gasteiger partial charge in [0.15, 0.2) is 6.23 Å². The molecular weight excluding hydrogens is 316 g/mol. The highest BCUT2D eigenvalue weighted by molar-refractivity contribution is 6.01. The summed E-state index contributed by atoms with van der Waals surface area (Å²) in [6, 6.07) is 18.9. The molecular formula is C20H16N2O3. The molecule has 0 fully saturated rings. The van der Waals surface area contributed by atoms with Crippen LogP contribution < -0.4 is 15.4 Å². The Balaban J connectivity index is 1.44. The highest BCUT2D eigenvalue weighted by Crippen LogP contribution is 2.37. The molecule has 0 saturated carbocycles. The molecule has 1 unspecified atom stereocenters. The Kier molecular flexibility index (Phi) is 3.96. The number of rotatable bonds is 4. The van der Waals surface area contributed by atoms with E-state index in [1.807, 2.05) is 48.5 Å². The van der Waals surface area contributed by atoms with Crippen molar-refractivity contribution in [2.75, 3.05) is 10.6 Å². The van der Waals surface area contributed by atoms with Crippen LogP contribution in [-0.4, -0.2) is 5.91 Å². The first kappa shape index (κ1) is 15.1. The number of hydrogen-bond acceptors (Lipinski definition) is 4. The maximum atomic E-state index is 12.0. The van der Waals surface area contributed by atoms with E-state index in [-0.39, 0.29) is 12.1 Å². The van der Waals surface area contributed by atoms with Crippen molar-refractivity contribution in [1.82, 2.24) is 0 Å². The van der Waals surface area contributed by atoms with Gasteiger partial charge in [-0.3, -0.25) is 4.79 Å². The summed E-state index contributed by atoms with van der Waals surface area (Å²) in [5, 5.41) is 6.15. The first-order valence-electron chi connectivity index (χ1n) is 7.93. The molecule has 124 valence electrons. The van der Waals surface area contributed by atoms with Crippen molar-refractivity contribution >= 4 is 23.4 Å². The quantitative estimate of drug-likeness (QED) is 0.694. The predicted octanol–water partition coefficient (Wildman–Crippen LogP) is 4.43. The molecule has 2 heterocycles. The Hall–Kier alpha value is -3.47. The molecule has 2 N–H and O–H groups in total. The van der Waals surface area contributed by atoms with Gasteiger partial charge < -0.3 is 19.8 Å². The molecule has 0 saturated heterocycles. The normalized spacial score (nSPS) is 15.4. The smallest absolute Gasteiger partial charge is 0.248 e. The minimum atomic E-state index is -0.270. The summed E-state index contributed by atoms with van der Waals surface area (Å²) >= 11 is 0. The number of ether oxygens (including phenoxy) is 1. The van der Waals surface area contributed by atoms with Crippen molar-refractivity contribution in [1.29, 1.82) is 0 Å². The standard InChI is InChI=1S/C20H16N2O3/c23-19(11-10-16-7-4-12-24-16)21-15-6-3-5-14(13-15)20-22-17-8-1-2-9-18(17)25-20/h1-13,20,22H,(H,21,23)/b11-10+. The van der Waals surface area contributed by atoms with Crippen molar-refractivity contribution in [3.63, 3.8) is 0 Å². The van der Waals surface area contributed by atoms with Gasteiger partial charge in [0.2, 0.25) is 5.91 Å². The summed E-state index contributed by atoms with van der Waals surface area (Å²) in [6.45, 7) is 0. The third-order valence-corrected chi connectivity index (χ3v) is 3.82. The fraction of sp³-hybridized carbons (Fsp3) is 0.0500. The average molecular weight is 332 g/mol. The van der Waals surface area contributed by atoms with E-state index in [0.717, 1.165) is 17.0 Å². The second kappa shape index (κ2) is 6.57. The van der Waals surface area contributed by atoms with Gasteiger partial charge in [-0.15, -0.1) is 0 Å². The van der Waals surface area contributed by atoms with Gasteiger partial charge in [0, 0.05) is 17.3 Å². The summed E-state index contributed by atoms with van der Waals surface area (Å²) < 4.78 is 11.1. The lowest BCUT2D eigenvalue weighted by atomic mass is 10.1. The number of fused-ring (bicyclic) bond motifs is 1. The molecule has 5 nitrogen and oxygen atoms in total. The van der Waals surface area contributed by atoms with Crippen molar-refractivity contribution in [3.05, 3.63) is 84.3 Å². The summed E-state index contributed by atoms with van der Waals surface area (Å²) in [5.41, 5.74) is 2.60. The molecule has 0 bridgehead atoms. The van der Waals surface area contributed by atoms with Crippen LogP contribution in [0.2, 0.25) is 0 Å². The van der Waals surface area contributed by atoms with E-state index < -0.39 is 0 Å². The van der Waals surface area contributed by atoms with Gasteiger partial charge in [-0.2, -0.15) is 0 Å². The van der Waals surface area contributed by atoms with E-state index in [1.54, 1.807) is 24.5 Å². The lowest BCUT2D eigenvalue weighted by Crippen LogP contribution is -2.12. The zero-order valence-electron chi connectivity index (χ0n) is 13.3. The fourth-order valence-corrected chi connectivity index (χ4v) is 2.65. The summed E-state index contributed by atoms with van der Waals surface area (Å²) in [4.78, 5) is 12.0. The van der Waals surface area contributed by atoms with Crippen LogP contribution in [0.5, 0.6) is 5.75 Å². The van der Waals surface area contributed by atoms with Gasteiger partial charge in [0.25, 0.3) is 0 Å². The average Bonchev–Trinajstić information content (AvgIpc) is 3.29. The van der Waals surface area contributed by atoms with E-state index in [0.29, 0.717) is 11.4 Å². The van der Waals surface area contributed by atoms with Gasteiger partial charge in [-0.05, 0) is 42.5 Å². The molecule has 0 spiro atoms. The van der Waals surface area contributed by atoms with Gasteiger partial charge in [0.05, 0.1) is 12.0 Å². The molecule has 4 rings (SSSR count). The van der Waals surface area contributed by atoms with Crippen LogP contribution in [0.1, 0.15) is 17.6 Å². The maximum Gasteiger partial charge on any atom is 0.248 e. The molecule has 2 aromatic carbocycles. The van der Waals surface area contributed by atoms with Crippen LogP contribution in [0.4, 0.5) is 11.4 Å². The van der Waals surface area contributed by atoms with Crippen LogP contribution in [0.25, 0.3) is 6.08 Å². The third-order valence-electron chi connectivity index (χ3n) is 3.82. The number of hydrogen-bond donors (Lipinski definition) is 2. The van der Waals surface area contributed by atoms with Crippen LogP contribution >= 0.6 is 0 Å². The first-order chi connectivity index (χ1) is 12.3. The molecule has 25 heavy (non-hydrogen) atoms. The number of anilines is 2. The fourth-order valence-electron chi connectivity index (χ4n) is 2.65. The monoisotopic (exact) mass is 332 g/mol. The number of nitrogens with one attached hydrogen (secondary N) is 2. The van der Waals surface area contributed by atoms with Crippen molar-refractivity contribution in [3.8, 4) is 5.75 Å². The molecule has 3 aromatic rings. The summed E-state index contributed by atoms with van der Waals surface area (Å²) in [6.07, 6.45) is 4.35. The topological polar surface area (TPSA) is 63.5 Å². The number of carbonyl (C=O) groups excluding carboxylic acids is 1. The zero-order chi connectivity index (χ0) is 17.1. The van der Waals surface area contributed by atoms with E-state index in [9.17, 15) is 4.79 Å². The van der Waals surface area contributed by atoms with Gasteiger partial charge in [0.1, 0.15) is 11.5 Å². The first-order valence-corrected chi connectivity index (χ1v) is 7.93. The van der Waals surface area contributed by atoms with Crippen molar-refractivity contribution < 1.29 is 13.9 Å². The summed E-state index contributed by atoms with van der Waals surface area (Å²) in [5.74, 6) is 1.23. The van der Waals surface area contributed by atoms with Gasteiger partial charge >= 0.3 is 0 Å². The maximum absolute atomic E-state index is 12.0. The largest absolute Gasteiger partial charge is 0.465 e. The zero-order valence-corrected chi connectivity index (χ0v) is 13.3. The molecule has 1 amide bonds. The molecule has 0 aliphatic carbocycles. The number of carbonyl (C=O) groups is 1. The number of para-hydroxylation sites is 2. The Labute approximate surface area is 144 Å². The minimum Gasteiger partial charge on any atom is -0.465 e. The molecule has 1 aliphatic rings. The van der Waals surface area contributed by atoms with E-state index in [2.05, 4.69) is 10.6 Å². The number of amides is 1. The van der Waals surface area contributed by atoms with Crippen LogP contribution in [-0.2, 0) is 4.79 Å². The lowest BCUT2D eigenvalue weighted by molar-refractivity contribution is -0.111. The SMILES string of the molecule is O=C(/C=C/c1ccco1)Nc1cccc(C2Nc3ccccc3O2)c1. The van der Waals surface area contributed by atoms with Gasteiger partial charge in [-0.25, -0.2) is 0 Å². The Morgan fingerprint density at radius 1 is 1.08 bits per heavy atom. The second-order valence-corrected chi connectivity index (χ2v) is 5.60. The number of furan rings is 1. The highest BCUT2D eigenvalue weighted by Gasteiger charge is 2.22. The molecule has 1 atom stereocenters. The summed E-state index contributed by atoms with van der Waals surface area (Å²) in [7, 11) is 0. The van der Waals surface area contributed by atoms with Crippen LogP contribution in [0, 0.1) is 0 Å². The highest BCUT2D eigenvalue weighted by atomic mass is 16.5. The van der Waals surface area contributed by atoms with Crippen molar-refractivity contribution in [2.24, 2.45) is 0 Å². The Bertz CT molecular complexity index is 891. The number of benzene rings is 2. The van der Waals surface area contributed by atoms with Gasteiger partial charge in [-0.1, -0.05) is 24.3 Å². The molecule has 1 aromatic heterocycles. The van der Waals surface area contributed by atoms with Crippen LogP contribution in [0.3, 0.4) is 0 Å².